The molecule has 0 fully saturated rings. The summed E-state index contributed by atoms with van der Waals surface area (Å²) in [7, 11) is -4.89. The van der Waals surface area contributed by atoms with Crippen molar-refractivity contribution in [3.05, 3.63) is 0 Å². The standard InChI is InChI=1S/C8H18N2O4S.C7H16N2O4S.C7H15NO4S/c1-5-6-15(12,13)10(3)7(2)8(11)9-14-4;1-4-5-14(12,13)9(3)6(2)7(10)8-11;1-4-5-13(11,12)8(3)6(2)7(9)10/h7H,5-6H2,1-4H3,(H,9,11);6,11H,4-5H2,1-3H3,(H,8,10);6H,4-5H2,1-3H3,(H,9,10). The van der Waals surface area contributed by atoms with Crippen LogP contribution in [0, 0.1) is 0 Å². The van der Waals surface area contributed by atoms with Gasteiger partial charge in [0.25, 0.3) is 11.8 Å². The number of carboxylic acid groups (broad SMARTS) is 1. The van der Waals surface area contributed by atoms with E-state index in [4.69, 9.17) is 10.3 Å². The summed E-state index contributed by atoms with van der Waals surface area (Å²) in [5.41, 5.74) is 3.51. The number of carbonyl (C=O) groups is 3. The maximum absolute atomic E-state index is 11.6. The summed E-state index contributed by atoms with van der Waals surface area (Å²) in [6.45, 7) is 9.49. The van der Waals surface area contributed by atoms with Crippen LogP contribution in [0.5, 0.6) is 0 Å². The minimum atomic E-state index is -3.40. The van der Waals surface area contributed by atoms with Crippen LogP contribution >= 0.6 is 0 Å². The highest BCUT2D eigenvalue weighted by Crippen LogP contribution is 2.07. The third-order valence-corrected chi connectivity index (χ3v) is 12.1. The molecule has 0 heterocycles. The fourth-order valence-corrected chi connectivity index (χ4v) is 6.83. The molecular weight excluding hydrogens is 622 g/mol. The Kier molecular flexibility index (Phi) is 22.1. The van der Waals surface area contributed by atoms with E-state index in [1.165, 1.54) is 54.5 Å². The maximum atomic E-state index is 11.6. The molecular formula is C22H49N5O12S3. The third kappa shape index (κ3) is 16.1. The smallest absolute Gasteiger partial charge is 0.321 e. The Morgan fingerprint density at radius 3 is 1.19 bits per heavy atom. The number of rotatable bonds is 16. The molecule has 3 unspecified atom stereocenters. The van der Waals surface area contributed by atoms with E-state index in [1.54, 1.807) is 20.8 Å². The Bertz CT molecular complexity index is 1150. The van der Waals surface area contributed by atoms with Crippen LogP contribution in [0.15, 0.2) is 0 Å². The van der Waals surface area contributed by atoms with Crippen molar-refractivity contribution in [1.29, 1.82) is 0 Å². The fraction of sp³-hybridized carbons (Fsp3) is 0.864. The number of carbonyl (C=O) groups excluding carboxylic acids is 2. The van der Waals surface area contributed by atoms with Gasteiger partial charge in [-0.1, -0.05) is 20.8 Å². The molecule has 0 bridgehead atoms. The number of nitrogens with one attached hydrogen (secondary N) is 2. The Balaban J connectivity index is -0.000000545. The van der Waals surface area contributed by atoms with Crippen molar-refractivity contribution in [2.24, 2.45) is 0 Å². The summed E-state index contributed by atoms with van der Waals surface area (Å²) < 4.78 is 71.6. The van der Waals surface area contributed by atoms with E-state index in [0.29, 0.717) is 19.3 Å². The van der Waals surface area contributed by atoms with Crippen molar-refractivity contribution >= 4 is 47.9 Å². The summed E-state index contributed by atoms with van der Waals surface area (Å²) in [5, 5.41) is 16.9. The van der Waals surface area contributed by atoms with Gasteiger partial charge in [0.2, 0.25) is 30.1 Å². The maximum Gasteiger partial charge on any atom is 0.321 e. The van der Waals surface area contributed by atoms with E-state index in [2.05, 4.69) is 10.3 Å². The van der Waals surface area contributed by atoms with Crippen molar-refractivity contribution < 1.29 is 54.8 Å². The van der Waals surface area contributed by atoms with E-state index < -0.39 is 66.0 Å². The molecule has 2 amide bonds. The van der Waals surface area contributed by atoms with Crippen LogP contribution in [0.25, 0.3) is 0 Å². The molecule has 4 N–H and O–H groups in total. The molecule has 0 saturated carbocycles. The molecule has 0 radical (unpaired) electrons. The SMILES string of the molecule is CCCS(=O)(=O)N(C)C(C)C(=O)NO.CCCS(=O)(=O)N(C)C(C)C(=O)NOC.CCCS(=O)(=O)N(C)C(C)C(=O)O. The van der Waals surface area contributed by atoms with Gasteiger partial charge in [-0.3, -0.25) is 24.4 Å². The van der Waals surface area contributed by atoms with Crippen LogP contribution in [0.4, 0.5) is 0 Å². The van der Waals surface area contributed by atoms with Gasteiger partial charge in [0.15, 0.2) is 0 Å². The third-order valence-electron chi connectivity index (χ3n) is 5.77. The first-order valence-corrected chi connectivity index (χ1v) is 17.7. The Labute approximate surface area is 250 Å². The summed E-state index contributed by atoms with van der Waals surface area (Å²) in [5.74, 6) is -2.35. The van der Waals surface area contributed by atoms with Crippen molar-refractivity contribution in [2.75, 3.05) is 45.5 Å². The molecule has 0 aliphatic carbocycles. The van der Waals surface area contributed by atoms with Crippen LogP contribution in [0.3, 0.4) is 0 Å². The number of hydrogen-bond acceptors (Lipinski definition) is 11. The lowest BCUT2D eigenvalue weighted by atomic mass is 10.3. The van der Waals surface area contributed by atoms with E-state index in [0.717, 1.165) is 12.9 Å². The highest BCUT2D eigenvalue weighted by Gasteiger charge is 2.28. The van der Waals surface area contributed by atoms with Crippen LogP contribution in [-0.2, 0) is 49.3 Å². The Hall–Kier alpha value is -1.94. The lowest BCUT2D eigenvalue weighted by Gasteiger charge is -2.22. The normalized spacial score (nSPS) is 14.1. The minimum Gasteiger partial charge on any atom is -0.480 e. The van der Waals surface area contributed by atoms with Crippen molar-refractivity contribution in [3.63, 3.8) is 0 Å². The van der Waals surface area contributed by atoms with Crippen molar-refractivity contribution in [1.82, 2.24) is 23.9 Å². The number of hydrogen-bond donors (Lipinski definition) is 4. The van der Waals surface area contributed by atoms with Gasteiger partial charge in [-0.05, 0) is 40.0 Å². The van der Waals surface area contributed by atoms with Gasteiger partial charge in [-0.25, -0.2) is 36.2 Å². The molecule has 42 heavy (non-hydrogen) atoms. The van der Waals surface area contributed by atoms with Crippen molar-refractivity contribution in [2.45, 2.75) is 78.9 Å². The largest absolute Gasteiger partial charge is 0.480 e. The molecule has 0 rings (SSSR count). The molecule has 0 aromatic heterocycles. The zero-order valence-corrected chi connectivity index (χ0v) is 28.5. The average Bonchev–Trinajstić information content (AvgIpc) is 2.90. The Morgan fingerprint density at radius 2 is 0.952 bits per heavy atom. The van der Waals surface area contributed by atoms with Crippen LogP contribution in [0.1, 0.15) is 60.8 Å². The molecule has 20 heteroatoms. The van der Waals surface area contributed by atoms with Crippen LogP contribution in [-0.4, -0.2) is 130 Å². The minimum absolute atomic E-state index is 0.00739. The van der Waals surface area contributed by atoms with Crippen molar-refractivity contribution in [3.8, 4) is 0 Å². The first-order valence-electron chi connectivity index (χ1n) is 12.9. The quantitative estimate of drug-likeness (QED) is 0.119. The summed E-state index contributed by atoms with van der Waals surface area (Å²) in [6, 6.07) is -2.69. The highest BCUT2D eigenvalue weighted by atomic mass is 32.2. The predicted molar refractivity (Wildman–Crippen MR) is 157 cm³/mol. The number of likely N-dealkylation sites (N-methyl/N-ethyl adjacent to an activating group) is 3. The first-order chi connectivity index (χ1) is 19.1. The summed E-state index contributed by atoms with van der Waals surface area (Å²) in [4.78, 5) is 37.1. The highest BCUT2D eigenvalue weighted by molar-refractivity contribution is 7.89. The van der Waals surface area contributed by atoms with E-state index in [-0.39, 0.29) is 17.3 Å². The van der Waals surface area contributed by atoms with E-state index in [1.807, 2.05) is 0 Å². The lowest BCUT2D eigenvalue weighted by Crippen LogP contribution is -2.46. The van der Waals surface area contributed by atoms with Gasteiger partial charge in [0.1, 0.15) is 18.1 Å². The van der Waals surface area contributed by atoms with E-state index >= 15 is 0 Å². The molecule has 0 spiro atoms. The molecule has 0 aliphatic heterocycles. The van der Waals surface area contributed by atoms with E-state index in [9.17, 15) is 39.6 Å². The lowest BCUT2D eigenvalue weighted by molar-refractivity contribution is -0.140. The Morgan fingerprint density at radius 1 is 0.667 bits per heavy atom. The number of hydroxylamine groups is 2. The molecule has 3 atom stereocenters. The number of aliphatic carboxylic acids is 1. The molecule has 0 saturated heterocycles. The zero-order chi connectivity index (χ0) is 34.1. The molecule has 0 aliphatic rings. The number of amides is 2. The second-order valence-electron chi connectivity index (χ2n) is 9.01. The first kappa shape index (κ1) is 44.5. The topological polar surface area (TPSA) is 237 Å². The fourth-order valence-electron chi connectivity index (χ4n) is 2.69. The van der Waals surface area contributed by atoms with Crippen LogP contribution in [0.2, 0.25) is 0 Å². The summed E-state index contributed by atoms with van der Waals surface area (Å²) in [6.07, 6.45) is 1.49. The number of sulfonamides is 3. The number of nitrogens with zero attached hydrogens (tertiary/aromatic N) is 3. The van der Waals surface area contributed by atoms with Gasteiger partial charge in [-0.15, -0.1) is 0 Å². The molecule has 0 aromatic carbocycles. The van der Waals surface area contributed by atoms with Gasteiger partial charge in [0, 0.05) is 21.1 Å². The van der Waals surface area contributed by atoms with Gasteiger partial charge in [0.05, 0.1) is 24.4 Å². The predicted octanol–water partition coefficient (Wildman–Crippen LogP) is -0.593. The molecule has 17 nitrogen and oxygen atoms in total. The van der Waals surface area contributed by atoms with Gasteiger partial charge in [-0.2, -0.15) is 12.9 Å². The number of carboxylic acids is 1. The monoisotopic (exact) mass is 671 g/mol. The molecule has 252 valence electrons. The average molecular weight is 672 g/mol. The van der Waals surface area contributed by atoms with Crippen LogP contribution < -0.4 is 11.0 Å². The zero-order valence-electron chi connectivity index (χ0n) is 26.0. The summed E-state index contributed by atoms with van der Waals surface area (Å²) >= 11 is 0. The second kappa shape index (κ2) is 20.9. The van der Waals surface area contributed by atoms with Gasteiger partial charge < -0.3 is 5.11 Å². The molecule has 0 aromatic rings. The second-order valence-corrected chi connectivity index (χ2v) is 15.5. The van der Waals surface area contributed by atoms with Gasteiger partial charge >= 0.3 is 5.97 Å².